The molecule has 1 rings (SSSR count). The van der Waals surface area contributed by atoms with E-state index in [0.29, 0.717) is 0 Å². The van der Waals surface area contributed by atoms with Crippen molar-refractivity contribution >= 4 is 6.09 Å². The number of cyclic esters (lactones) is 1. The van der Waals surface area contributed by atoms with E-state index in [9.17, 15) is 4.79 Å². The normalized spacial score (nSPS) is 31.6. The summed E-state index contributed by atoms with van der Waals surface area (Å²) < 4.78 is 18.1. The van der Waals surface area contributed by atoms with Gasteiger partial charge in [0.1, 0.15) is 6.56 Å². The van der Waals surface area contributed by atoms with Gasteiger partial charge in [-0.25, -0.2) is 4.79 Å². The highest BCUT2D eigenvalue weighted by Gasteiger charge is 2.15. The van der Waals surface area contributed by atoms with Crippen molar-refractivity contribution in [3.8, 4) is 0 Å². The van der Waals surface area contributed by atoms with Crippen LogP contribution in [-0.4, -0.2) is 31.1 Å². The molecule has 1 saturated heterocycles. The maximum absolute atomic E-state index is 10.5. The van der Waals surface area contributed by atoms with Crippen molar-refractivity contribution in [2.75, 3.05) is 20.2 Å². The fourth-order valence-corrected chi connectivity index (χ4v) is 0.333. The monoisotopic (exact) mass is 103 g/mol. The van der Waals surface area contributed by atoms with Gasteiger partial charge in [0.05, 0.1) is 9.29 Å². The summed E-state index contributed by atoms with van der Waals surface area (Å²) in [6.45, 7) is -1.77. The Hall–Kier alpha value is -0.730. The van der Waals surface area contributed by atoms with Crippen LogP contribution in [0.4, 0.5) is 4.79 Å². The number of hydrogen-bond donors (Lipinski definition) is 0. The average Bonchev–Trinajstić information content (AvgIpc) is 1.79. The fraction of sp³-hybridized carbons (Fsp3) is 0.750. The number of likely N-dealkylation sites (N-methyl/N-ethyl adjacent to an activating group) is 1. The predicted octanol–water partition coefficient (Wildman–Crippen LogP) is 0.0684. The summed E-state index contributed by atoms with van der Waals surface area (Å²) in [5.41, 5.74) is 0. The second-order valence-corrected chi connectivity index (χ2v) is 1.37. The summed E-state index contributed by atoms with van der Waals surface area (Å²) in [5, 5.41) is 0. The van der Waals surface area contributed by atoms with Gasteiger partial charge in [0.15, 0.2) is 0 Å². The minimum absolute atomic E-state index is 0.0197. The Kier molecular flexibility index (Phi) is 0.511. The van der Waals surface area contributed by atoms with E-state index in [1.165, 1.54) is 11.9 Å². The lowest BCUT2D eigenvalue weighted by atomic mass is 10.7. The first-order valence-corrected chi connectivity index (χ1v) is 1.95. The SMILES string of the molecule is [2H]C1([2H])CN(C)C(=O)O1. The van der Waals surface area contributed by atoms with Crippen LogP contribution in [0, 0.1) is 0 Å². The van der Waals surface area contributed by atoms with Crippen molar-refractivity contribution in [3.63, 3.8) is 0 Å². The molecule has 0 saturated carbocycles. The molecule has 0 aromatic heterocycles. The van der Waals surface area contributed by atoms with Crippen LogP contribution in [0.25, 0.3) is 0 Å². The van der Waals surface area contributed by atoms with Crippen molar-refractivity contribution in [2.24, 2.45) is 0 Å². The molecule has 1 heterocycles. The highest BCUT2D eigenvalue weighted by molar-refractivity contribution is 5.68. The van der Waals surface area contributed by atoms with E-state index in [1.807, 2.05) is 0 Å². The Morgan fingerprint density at radius 2 is 2.86 bits per heavy atom. The van der Waals surface area contributed by atoms with Gasteiger partial charge in [0, 0.05) is 7.05 Å². The van der Waals surface area contributed by atoms with Crippen LogP contribution in [0.2, 0.25) is 0 Å². The van der Waals surface area contributed by atoms with Gasteiger partial charge in [0.2, 0.25) is 0 Å². The third kappa shape index (κ3) is 0.656. The molecule has 1 amide bonds. The lowest BCUT2D eigenvalue weighted by Crippen LogP contribution is -2.17. The standard InChI is InChI=1S/C4H7NO2/c1-5-2-3-7-4(5)6/h2-3H2,1H3/i3D2. The zero-order valence-corrected chi connectivity index (χ0v) is 3.97. The molecule has 0 aromatic rings. The third-order valence-corrected chi connectivity index (χ3v) is 0.773. The van der Waals surface area contributed by atoms with Crippen LogP contribution in [0.3, 0.4) is 0 Å². The van der Waals surface area contributed by atoms with E-state index < -0.39 is 12.7 Å². The van der Waals surface area contributed by atoms with Gasteiger partial charge in [-0.05, 0) is 0 Å². The Morgan fingerprint density at radius 3 is 3.00 bits per heavy atom. The molecule has 0 aromatic carbocycles. The summed E-state index contributed by atoms with van der Waals surface area (Å²) in [5.74, 6) is 0. The van der Waals surface area contributed by atoms with Crippen molar-refractivity contribution < 1.29 is 12.3 Å². The summed E-state index contributed by atoms with van der Waals surface area (Å²) >= 11 is 0. The highest BCUT2D eigenvalue weighted by atomic mass is 16.6. The van der Waals surface area contributed by atoms with Crippen LogP contribution in [0.1, 0.15) is 2.74 Å². The zero-order valence-electron chi connectivity index (χ0n) is 5.97. The zero-order chi connectivity index (χ0) is 7.07. The molecule has 0 unspecified atom stereocenters. The molecule has 40 valence electrons. The van der Waals surface area contributed by atoms with E-state index in [1.54, 1.807) is 0 Å². The van der Waals surface area contributed by atoms with E-state index in [4.69, 9.17) is 2.74 Å². The van der Waals surface area contributed by atoms with Gasteiger partial charge in [-0.1, -0.05) is 0 Å². The van der Waals surface area contributed by atoms with Crippen LogP contribution in [-0.2, 0) is 4.74 Å². The molecular formula is C4H7NO2. The third-order valence-electron chi connectivity index (χ3n) is 0.773. The second kappa shape index (κ2) is 1.40. The second-order valence-electron chi connectivity index (χ2n) is 1.37. The van der Waals surface area contributed by atoms with E-state index in [-0.39, 0.29) is 6.54 Å². The molecule has 3 heteroatoms. The lowest BCUT2D eigenvalue weighted by molar-refractivity contribution is 0.163. The minimum Gasteiger partial charge on any atom is -0.448 e. The van der Waals surface area contributed by atoms with Crippen molar-refractivity contribution in [3.05, 3.63) is 0 Å². The van der Waals surface area contributed by atoms with Gasteiger partial charge >= 0.3 is 6.09 Å². The smallest absolute Gasteiger partial charge is 0.409 e. The Labute approximate surface area is 44.7 Å². The van der Waals surface area contributed by atoms with Gasteiger partial charge in [-0.15, -0.1) is 0 Å². The average molecular weight is 103 g/mol. The molecule has 1 aliphatic heterocycles. The van der Waals surface area contributed by atoms with Crippen molar-refractivity contribution in [1.82, 2.24) is 4.90 Å². The van der Waals surface area contributed by atoms with Crippen LogP contribution < -0.4 is 0 Å². The molecule has 1 fully saturated rings. The molecule has 0 bridgehead atoms. The molecule has 0 N–H and O–H groups in total. The number of ether oxygens (including phenoxy) is 1. The number of rotatable bonds is 0. The van der Waals surface area contributed by atoms with Gasteiger partial charge in [-0.2, -0.15) is 0 Å². The number of amides is 1. The largest absolute Gasteiger partial charge is 0.448 e. The summed E-state index contributed by atoms with van der Waals surface area (Å²) in [4.78, 5) is 11.6. The van der Waals surface area contributed by atoms with Crippen LogP contribution >= 0.6 is 0 Å². The first-order chi connectivity index (χ1) is 4.01. The van der Waals surface area contributed by atoms with E-state index >= 15 is 0 Å². The quantitative estimate of drug-likeness (QED) is 0.434. The number of carbonyl (C=O) groups is 1. The number of hydrogen-bond acceptors (Lipinski definition) is 2. The molecule has 0 aliphatic carbocycles. The highest BCUT2D eigenvalue weighted by Crippen LogP contribution is 1.96. The number of carbonyl (C=O) groups excluding carboxylic acids is 1. The Bertz CT molecular complexity index is 148. The molecule has 1 aliphatic rings. The molecule has 3 nitrogen and oxygen atoms in total. The minimum atomic E-state index is -1.79. The van der Waals surface area contributed by atoms with Crippen molar-refractivity contribution in [2.45, 2.75) is 0 Å². The molecular weight excluding hydrogens is 94.0 g/mol. The lowest BCUT2D eigenvalue weighted by Gasteiger charge is -1.98. The first-order valence-electron chi connectivity index (χ1n) is 2.95. The predicted molar refractivity (Wildman–Crippen MR) is 24.0 cm³/mol. The van der Waals surface area contributed by atoms with Gasteiger partial charge in [-0.3, -0.25) is 0 Å². The van der Waals surface area contributed by atoms with Gasteiger partial charge in [0.25, 0.3) is 0 Å². The fourth-order valence-electron chi connectivity index (χ4n) is 0.333. The summed E-state index contributed by atoms with van der Waals surface area (Å²) in [6, 6.07) is 0. The molecule has 0 spiro atoms. The summed E-state index contributed by atoms with van der Waals surface area (Å²) in [6.07, 6.45) is -0.597. The van der Waals surface area contributed by atoms with Crippen molar-refractivity contribution in [1.29, 1.82) is 0 Å². The van der Waals surface area contributed by atoms with Crippen LogP contribution in [0.15, 0.2) is 0 Å². The molecule has 7 heavy (non-hydrogen) atoms. The topological polar surface area (TPSA) is 29.5 Å². The van der Waals surface area contributed by atoms with Gasteiger partial charge < -0.3 is 9.64 Å². The Morgan fingerprint density at radius 1 is 2.14 bits per heavy atom. The maximum atomic E-state index is 10.5. The molecule has 0 radical (unpaired) electrons. The maximum Gasteiger partial charge on any atom is 0.409 e. The summed E-state index contributed by atoms with van der Waals surface area (Å²) in [7, 11) is 1.49. The molecule has 0 atom stereocenters. The first kappa shape index (κ1) is 2.55. The Balaban J connectivity index is 2.65. The number of nitrogens with zero attached hydrogens (tertiary/aromatic N) is 1. The van der Waals surface area contributed by atoms with E-state index in [0.717, 1.165) is 0 Å². The van der Waals surface area contributed by atoms with E-state index in [2.05, 4.69) is 4.74 Å². The van der Waals surface area contributed by atoms with Crippen LogP contribution in [0.5, 0.6) is 0 Å².